The number of rotatable bonds is 8. The smallest absolute Gasteiger partial charge is 0.251 e. The van der Waals surface area contributed by atoms with E-state index < -0.39 is 0 Å². The van der Waals surface area contributed by atoms with E-state index in [1.165, 1.54) is 0 Å². The van der Waals surface area contributed by atoms with Gasteiger partial charge in [0.15, 0.2) is 0 Å². The number of amides is 2. The molecule has 1 atom stereocenters. The van der Waals surface area contributed by atoms with Crippen LogP contribution in [0.3, 0.4) is 0 Å². The van der Waals surface area contributed by atoms with Crippen LogP contribution in [0, 0.1) is 5.92 Å². The molecular formula is C22H24N2O3. The molecule has 1 saturated carbocycles. The average Bonchev–Trinajstić information content (AvgIpc) is 3.52. The van der Waals surface area contributed by atoms with Crippen LogP contribution in [0.15, 0.2) is 61.2 Å². The maximum Gasteiger partial charge on any atom is 0.251 e. The van der Waals surface area contributed by atoms with E-state index in [4.69, 9.17) is 4.74 Å². The first-order valence-electron chi connectivity index (χ1n) is 9.12. The topological polar surface area (TPSA) is 67.4 Å². The van der Waals surface area contributed by atoms with Crippen LogP contribution in [0.5, 0.6) is 5.75 Å². The van der Waals surface area contributed by atoms with Crippen molar-refractivity contribution in [1.29, 1.82) is 0 Å². The number of ether oxygens (including phenoxy) is 1. The number of hydrogen-bond acceptors (Lipinski definition) is 3. The van der Waals surface area contributed by atoms with Gasteiger partial charge in [0.25, 0.3) is 5.91 Å². The molecule has 5 nitrogen and oxygen atoms in total. The molecule has 1 fully saturated rings. The van der Waals surface area contributed by atoms with Crippen LogP contribution in [0.4, 0.5) is 5.69 Å². The second-order valence-corrected chi connectivity index (χ2v) is 6.70. The molecule has 1 unspecified atom stereocenters. The molecule has 0 aromatic heterocycles. The molecule has 0 aliphatic heterocycles. The Morgan fingerprint density at radius 1 is 1.15 bits per heavy atom. The molecule has 2 N–H and O–H groups in total. The second-order valence-electron chi connectivity index (χ2n) is 6.70. The van der Waals surface area contributed by atoms with Gasteiger partial charge in [-0.15, -0.1) is 0 Å². The first-order chi connectivity index (χ1) is 13.1. The summed E-state index contributed by atoms with van der Waals surface area (Å²) in [7, 11) is 0. The first kappa shape index (κ1) is 18.7. The standard InChI is InChI=1S/C22H24N2O3/c1-3-14-27-20-12-8-18(9-13-20)21(25)23-15(2)16-6-10-19(11-7-16)24-22(26)17-4-5-17/h3,6-13,15,17H,1,4-5,14H2,2H3,(H,23,25)(H,24,26). The normalized spacial score (nSPS) is 14.1. The molecule has 5 heteroatoms. The van der Waals surface area contributed by atoms with Gasteiger partial charge >= 0.3 is 0 Å². The Balaban J connectivity index is 1.55. The number of anilines is 1. The highest BCUT2D eigenvalue weighted by atomic mass is 16.5. The van der Waals surface area contributed by atoms with Crippen molar-refractivity contribution in [2.24, 2.45) is 5.92 Å². The summed E-state index contributed by atoms with van der Waals surface area (Å²) in [6.45, 7) is 5.96. The van der Waals surface area contributed by atoms with E-state index >= 15 is 0 Å². The van der Waals surface area contributed by atoms with Crippen molar-refractivity contribution in [3.05, 3.63) is 72.3 Å². The third-order valence-corrected chi connectivity index (χ3v) is 4.46. The molecule has 0 saturated heterocycles. The van der Waals surface area contributed by atoms with Gasteiger partial charge in [0.2, 0.25) is 5.91 Å². The van der Waals surface area contributed by atoms with E-state index in [2.05, 4.69) is 17.2 Å². The highest BCUT2D eigenvalue weighted by molar-refractivity contribution is 5.95. The van der Waals surface area contributed by atoms with E-state index in [1.807, 2.05) is 31.2 Å². The van der Waals surface area contributed by atoms with Crippen molar-refractivity contribution in [3.63, 3.8) is 0 Å². The highest BCUT2D eigenvalue weighted by Gasteiger charge is 2.29. The van der Waals surface area contributed by atoms with Crippen molar-refractivity contribution < 1.29 is 14.3 Å². The van der Waals surface area contributed by atoms with Crippen molar-refractivity contribution in [3.8, 4) is 5.75 Å². The van der Waals surface area contributed by atoms with Gasteiger partial charge in [-0.1, -0.05) is 24.8 Å². The lowest BCUT2D eigenvalue weighted by Gasteiger charge is -2.15. The van der Waals surface area contributed by atoms with Gasteiger partial charge in [0, 0.05) is 17.2 Å². The molecular weight excluding hydrogens is 340 g/mol. The number of carbonyl (C=O) groups is 2. The summed E-state index contributed by atoms with van der Waals surface area (Å²) in [5.41, 5.74) is 2.32. The SMILES string of the molecule is C=CCOc1ccc(C(=O)NC(C)c2ccc(NC(=O)C3CC3)cc2)cc1. The molecule has 0 spiro atoms. The van der Waals surface area contributed by atoms with Crippen molar-refractivity contribution in [2.75, 3.05) is 11.9 Å². The van der Waals surface area contributed by atoms with Crippen molar-refractivity contribution in [1.82, 2.24) is 5.32 Å². The van der Waals surface area contributed by atoms with E-state index in [0.29, 0.717) is 17.9 Å². The van der Waals surface area contributed by atoms with Gasteiger partial charge in [-0.3, -0.25) is 9.59 Å². The van der Waals surface area contributed by atoms with Gasteiger partial charge in [0.1, 0.15) is 12.4 Å². The number of hydrogen-bond donors (Lipinski definition) is 2. The summed E-state index contributed by atoms with van der Waals surface area (Å²) in [5, 5.41) is 5.89. The Labute approximate surface area is 159 Å². The minimum Gasteiger partial charge on any atom is -0.490 e. The Hall–Kier alpha value is -3.08. The van der Waals surface area contributed by atoms with E-state index in [9.17, 15) is 9.59 Å². The lowest BCUT2D eigenvalue weighted by molar-refractivity contribution is -0.117. The summed E-state index contributed by atoms with van der Waals surface area (Å²) < 4.78 is 5.42. The molecule has 0 heterocycles. The number of benzene rings is 2. The van der Waals surface area contributed by atoms with Crippen LogP contribution in [0.25, 0.3) is 0 Å². The fourth-order valence-corrected chi connectivity index (χ4v) is 2.67. The summed E-state index contributed by atoms with van der Waals surface area (Å²) >= 11 is 0. The molecule has 2 amide bonds. The van der Waals surface area contributed by atoms with E-state index in [-0.39, 0.29) is 23.8 Å². The van der Waals surface area contributed by atoms with Gasteiger partial charge < -0.3 is 15.4 Å². The van der Waals surface area contributed by atoms with Gasteiger partial charge in [-0.2, -0.15) is 0 Å². The Bertz CT molecular complexity index is 808. The predicted molar refractivity (Wildman–Crippen MR) is 106 cm³/mol. The Kier molecular flexibility index (Phi) is 5.91. The molecule has 3 rings (SSSR count). The Morgan fingerprint density at radius 3 is 2.41 bits per heavy atom. The number of nitrogens with one attached hydrogen (secondary N) is 2. The largest absolute Gasteiger partial charge is 0.490 e. The maximum absolute atomic E-state index is 12.4. The minimum atomic E-state index is -0.151. The summed E-state index contributed by atoms with van der Waals surface area (Å²) in [5.74, 6) is 0.813. The highest BCUT2D eigenvalue weighted by Crippen LogP contribution is 2.30. The Morgan fingerprint density at radius 2 is 1.81 bits per heavy atom. The summed E-state index contributed by atoms with van der Waals surface area (Å²) in [4.78, 5) is 24.2. The first-order valence-corrected chi connectivity index (χ1v) is 9.12. The lowest BCUT2D eigenvalue weighted by Crippen LogP contribution is -2.26. The van der Waals surface area contributed by atoms with Crippen molar-refractivity contribution >= 4 is 17.5 Å². The van der Waals surface area contributed by atoms with Crippen molar-refractivity contribution in [2.45, 2.75) is 25.8 Å². The van der Waals surface area contributed by atoms with Crippen LogP contribution in [-0.2, 0) is 4.79 Å². The third-order valence-electron chi connectivity index (χ3n) is 4.46. The summed E-state index contributed by atoms with van der Waals surface area (Å²) in [6.07, 6.45) is 3.63. The molecule has 2 aromatic carbocycles. The molecule has 1 aliphatic carbocycles. The lowest BCUT2D eigenvalue weighted by atomic mass is 10.1. The minimum absolute atomic E-state index is 0.0876. The van der Waals surface area contributed by atoms with E-state index in [0.717, 1.165) is 24.1 Å². The van der Waals surface area contributed by atoms with Gasteiger partial charge in [0.05, 0.1) is 6.04 Å². The van der Waals surface area contributed by atoms with Crippen LogP contribution in [0.1, 0.15) is 41.7 Å². The monoisotopic (exact) mass is 364 g/mol. The molecule has 140 valence electrons. The fourth-order valence-electron chi connectivity index (χ4n) is 2.67. The third kappa shape index (κ3) is 5.20. The fraction of sp³-hybridized carbons (Fsp3) is 0.273. The summed E-state index contributed by atoms with van der Waals surface area (Å²) in [6, 6.07) is 14.4. The van der Waals surface area contributed by atoms with Crippen LogP contribution < -0.4 is 15.4 Å². The zero-order chi connectivity index (χ0) is 19.2. The second kappa shape index (κ2) is 8.54. The van der Waals surface area contributed by atoms with Gasteiger partial charge in [-0.25, -0.2) is 0 Å². The zero-order valence-corrected chi connectivity index (χ0v) is 15.4. The molecule has 0 bridgehead atoms. The predicted octanol–water partition coefficient (Wildman–Crippen LogP) is 4.09. The number of carbonyl (C=O) groups excluding carboxylic acids is 2. The molecule has 2 aromatic rings. The molecule has 1 aliphatic rings. The van der Waals surface area contributed by atoms with Gasteiger partial charge in [-0.05, 0) is 61.7 Å². The van der Waals surface area contributed by atoms with Crippen LogP contribution in [0.2, 0.25) is 0 Å². The molecule has 0 radical (unpaired) electrons. The quantitative estimate of drug-likeness (QED) is 0.693. The average molecular weight is 364 g/mol. The van der Waals surface area contributed by atoms with Crippen LogP contribution >= 0.6 is 0 Å². The van der Waals surface area contributed by atoms with E-state index in [1.54, 1.807) is 30.3 Å². The molecule has 27 heavy (non-hydrogen) atoms. The zero-order valence-electron chi connectivity index (χ0n) is 15.4. The maximum atomic E-state index is 12.4. The van der Waals surface area contributed by atoms with Crippen LogP contribution in [-0.4, -0.2) is 18.4 Å².